The molecule has 0 radical (unpaired) electrons. The summed E-state index contributed by atoms with van der Waals surface area (Å²) >= 11 is 0. The quantitative estimate of drug-likeness (QED) is 0.0453. The summed E-state index contributed by atoms with van der Waals surface area (Å²) in [7, 11) is -21.4. The minimum Gasteiger partial charge on any atom is -0.744 e. The van der Waals surface area contributed by atoms with Crippen LogP contribution in [0, 0.1) is 13.8 Å². The number of phenols is 2. The summed E-state index contributed by atoms with van der Waals surface area (Å²) in [6.45, 7) is 3.38. The number of phenolic OH excluding ortho intramolecular Hbond substituents is 2. The SMILES string of the molecule is Cc1cc(-c2ccc(N=Nc3ccc4c(S(=O)(=O)[O-])cc(S(=O)(=O)[O-])c(N)c4c3O)c(C)c2)ccc1N=Nc1ccc2c(S(=O)(=O)[O-])cc(S(=O)(=O)[O-])c(N)c2c1O.[Na+].[Na+].[Na+].[Na+]. The summed E-state index contributed by atoms with van der Waals surface area (Å²) in [6.07, 6.45) is 0. The molecule has 6 rings (SSSR count). The first kappa shape index (κ1) is 56.0. The number of hydrogen-bond acceptors (Lipinski definition) is 20. The Bertz CT molecular complexity index is 3100. The molecule has 0 unspecified atom stereocenters. The van der Waals surface area contributed by atoms with Crippen LogP contribution in [0.15, 0.2) is 113 Å². The van der Waals surface area contributed by atoms with Crippen LogP contribution in [0.1, 0.15) is 11.1 Å². The molecule has 28 heteroatoms. The molecule has 20 nitrogen and oxygen atoms in total. The van der Waals surface area contributed by atoms with Crippen molar-refractivity contribution in [1.29, 1.82) is 0 Å². The van der Waals surface area contributed by atoms with E-state index in [0.717, 1.165) is 24.3 Å². The van der Waals surface area contributed by atoms with E-state index in [1.165, 1.54) is 0 Å². The fourth-order valence-corrected chi connectivity index (χ4v) is 8.83. The standard InChI is InChI=1S/C34H28N6O14S4.4Na/c1-15-11-17(3-7-21(15)37-39-23-9-5-19-25(55(43,44)45)13-27(57(49,50)51)31(35)29(19)33(23)41)18-4-8-22(16(2)12-18)38-40-24-10-6-20-26(56(46,47)48)14-28(58(52,53)54)32(36)30(20)34(24)42;;;;/h3-14,41-42H,35-36H2,1-2H3,(H,43,44,45)(H,46,47,48)(H,49,50,51)(H,52,53,54);;;;/q;4*+1/p-4. The Kier molecular flexibility index (Phi) is 18.6. The number of anilines is 2. The van der Waals surface area contributed by atoms with Crippen molar-refractivity contribution in [2.24, 2.45) is 20.5 Å². The first-order valence-corrected chi connectivity index (χ1v) is 21.5. The molecule has 0 atom stereocenters. The van der Waals surface area contributed by atoms with E-state index >= 15 is 0 Å². The maximum Gasteiger partial charge on any atom is 1.00 e. The number of rotatable bonds is 9. The van der Waals surface area contributed by atoms with Crippen molar-refractivity contribution in [3.8, 4) is 22.6 Å². The van der Waals surface area contributed by atoms with E-state index in [1.54, 1.807) is 50.2 Å². The van der Waals surface area contributed by atoms with Crippen molar-refractivity contribution in [3.63, 3.8) is 0 Å². The topological polar surface area (TPSA) is 371 Å². The number of aryl methyl sites for hydroxylation is 2. The van der Waals surface area contributed by atoms with E-state index in [9.17, 15) is 62.1 Å². The number of fused-ring (bicyclic) bond motifs is 2. The molecule has 0 aromatic heterocycles. The molecule has 0 saturated heterocycles. The maximum absolute atomic E-state index is 11.9. The third kappa shape index (κ3) is 11.5. The molecule has 302 valence electrons. The molecular weight excluding hydrogens is 937 g/mol. The van der Waals surface area contributed by atoms with Crippen LogP contribution in [0.2, 0.25) is 0 Å². The summed E-state index contributed by atoms with van der Waals surface area (Å²) in [5.41, 5.74) is 12.6. The minimum atomic E-state index is -5.38. The predicted octanol–water partition coefficient (Wildman–Crippen LogP) is -6.68. The van der Waals surface area contributed by atoms with Crippen LogP contribution >= 0.6 is 0 Å². The second-order valence-electron chi connectivity index (χ2n) is 12.5. The largest absolute Gasteiger partial charge is 1.00 e. The van der Waals surface area contributed by atoms with Gasteiger partial charge in [0.05, 0.1) is 53.1 Å². The van der Waals surface area contributed by atoms with E-state index in [1.807, 2.05) is 0 Å². The number of hydrogen-bond donors (Lipinski definition) is 4. The molecule has 0 heterocycles. The molecular formula is C34H24N6Na4O14S4. The van der Waals surface area contributed by atoms with E-state index in [-0.39, 0.29) is 130 Å². The number of nitrogens with two attached hydrogens (primary N) is 2. The van der Waals surface area contributed by atoms with Gasteiger partial charge in [0, 0.05) is 10.8 Å². The third-order valence-electron chi connectivity index (χ3n) is 8.77. The van der Waals surface area contributed by atoms with Crippen LogP contribution in [0.25, 0.3) is 32.7 Å². The number of azo groups is 2. The molecule has 6 aromatic carbocycles. The van der Waals surface area contributed by atoms with Crippen molar-refractivity contribution in [1.82, 2.24) is 0 Å². The van der Waals surface area contributed by atoms with Gasteiger partial charge in [-0.1, -0.05) is 24.3 Å². The zero-order valence-electron chi connectivity index (χ0n) is 33.3. The molecule has 0 aliphatic heterocycles. The van der Waals surface area contributed by atoms with Crippen molar-refractivity contribution in [2.75, 3.05) is 11.5 Å². The first-order chi connectivity index (χ1) is 26.8. The first-order valence-electron chi connectivity index (χ1n) is 15.8. The molecule has 0 aliphatic rings. The maximum atomic E-state index is 11.9. The van der Waals surface area contributed by atoms with Gasteiger partial charge in [0.25, 0.3) is 0 Å². The van der Waals surface area contributed by atoms with Gasteiger partial charge in [0.2, 0.25) is 0 Å². The molecule has 0 fully saturated rings. The Hall–Kier alpha value is -2.12. The molecule has 0 saturated carbocycles. The van der Waals surface area contributed by atoms with Crippen molar-refractivity contribution in [2.45, 2.75) is 33.4 Å². The Morgan fingerprint density at radius 3 is 0.984 bits per heavy atom. The van der Waals surface area contributed by atoms with E-state index in [0.29, 0.717) is 45.8 Å². The minimum absolute atomic E-state index is 0. The van der Waals surface area contributed by atoms with E-state index < -0.39 is 104 Å². The van der Waals surface area contributed by atoms with Gasteiger partial charge in [-0.2, -0.15) is 10.2 Å². The van der Waals surface area contributed by atoms with Crippen molar-refractivity contribution >= 4 is 96.1 Å². The summed E-state index contributed by atoms with van der Waals surface area (Å²) in [4.78, 5) is -4.62. The Labute approximate surface area is 442 Å². The monoisotopic (exact) mass is 960 g/mol. The van der Waals surface area contributed by atoms with Gasteiger partial charge >= 0.3 is 118 Å². The smallest absolute Gasteiger partial charge is 0.744 e. The second-order valence-corrected chi connectivity index (χ2v) is 17.9. The summed E-state index contributed by atoms with van der Waals surface area (Å²) in [5, 5.41) is 35.9. The van der Waals surface area contributed by atoms with E-state index in [4.69, 9.17) is 11.5 Å². The van der Waals surface area contributed by atoms with Crippen LogP contribution in [0.3, 0.4) is 0 Å². The van der Waals surface area contributed by atoms with Crippen LogP contribution in [-0.4, -0.2) is 62.1 Å². The predicted molar refractivity (Wildman–Crippen MR) is 202 cm³/mol. The van der Waals surface area contributed by atoms with Crippen LogP contribution in [-0.2, 0) is 40.5 Å². The third-order valence-corrected chi connectivity index (χ3v) is 12.3. The molecule has 0 amide bonds. The van der Waals surface area contributed by atoms with Gasteiger partial charge in [-0.25, -0.2) is 33.7 Å². The Morgan fingerprint density at radius 2 is 0.710 bits per heavy atom. The normalized spacial score (nSPS) is 12.2. The zero-order chi connectivity index (χ0) is 42.9. The molecule has 0 spiro atoms. The van der Waals surface area contributed by atoms with Crippen LogP contribution in [0.5, 0.6) is 11.5 Å². The van der Waals surface area contributed by atoms with Gasteiger partial charge in [0.15, 0.2) is 11.5 Å². The van der Waals surface area contributed by atoms with Crippen molar-refractivity contribution in [3.05, 3.63) is 83.9 Å². The van der Waals surface area contributed by atoms with Gasteiger partial charge in [-0.3, -0.25) is 0 Å². The molecule has 6 aromatic rings. The number of nitrogens with zero attached hydrogens (tertiary/aromatic N) is 4. The molecule has 62 heavy (non-hydrogen) atoms. The summed E-state index contributed by atoms with van der Waals surface area (Å²) < 4.78 is 142. The molecule has 0 bridgehead atoms. The fourth-order valence-electron chi connectivity index (χ4n) is 6.01. The van der Waals surface area contributed by atoms with Crippen LogP contribution in [0.4, 0.5) is 34.1 Å². The molecule has 6 N–H and O–H groups in total. The van der Waals surface area contributed by atoms with Crippen LogP contribution < -0.4 is 130 Å². The zero-order valence-corrected chi connectivity index (χ0v) is 44.6. The average molecular weight is 961 g/mol. The fraction of sp³-hybridized carbons (Fsp3) is 0.0588. The van der Waals surface area contributed by atoms with Gasteiger partial charge in [0.1, 0.15) is 51.8 Å². The Balaban J connectivity index is 0.00000331. The van der Waals surface area contributed by atoms with E-state index in [2.05, 4.69) is 20.5 Å². The summed E-state index contributed by atoms with van der Waals surface area (Å²) in [6, 6.07) is 15.0. The number of aromatic hydroxyl groups is 2. The number of benzene rings is 6. The van der Waals surface area contributed by atoms with Gasteiger partial charge < -0.3 is 39.9 Å². The second kappa shape index (κ2) is 20.6. The summed E-state index contributed by atoms with van der Waals surface area (Å²) in [5.74, 6) is -1.69. The average Bonchev–Trinajstić information content (AvgIpc) is 3.09. The van der Waals surface area contributed by atoms with Crippen molar-refractivity contribution < 1.29 is 180 Å². The Morgan fingerprint density at radius 1 is 0.435 bits per heavy atom. The number of nitrogen functional groups attached to an aromatic ring is 2. The van der Waals surface area contributed by atoms with Gasteiger partial charge in [-0.05, 0) is 84.6 Å². The molecule has 0 aliphatic carbocycles. The van der Waals surface area contributed by atoms with Gasteiger partial charge in [-0.15, -0.1) is 10.2 Å².